The smallest absolute Gasteiger partial charge is 0.277 e. The van der Waals surface area contributed by atoms with Crippen LogP contribution < -0.4 is 4.74 Å². The monoisotopic (exact) mass is 203 g/mol. The second kappa shape index (κ2) is 3.57. The first-order valence-corrected chi connectivity index (χ1v) is 4.44. The number of nitro groups is 1. The molecule has 0 aliphatic rings. The van der Waals surface area contributed by atoms with Gasteiger partial charge < -0.3 is 4.74 Å². The molecule has 0 spiro atoms. The van der Waals surface area contributed by atoms with Crippen LogP contribution in [0, 0.1) is 10.1 Å². The fourth-order valence-corrected chi connectivity index (χ4v) is 1.60. The summed E-state index contributed by atoms with van der Waals surface area (Å²) in [5.41, 5.74) is 0.103. The van der Waals surface area contributed by atoms with E-state index >= 15 is 0 Å². The molecule has 0 amide bonds. The zero-order valence-electron chi connectivity index (χ0n) is 8.14. The number of benzene rings is 2. The Morgan fingerprint density at radius 2 is 1.80 bits per heavy atom. The van der Waals surface area contributed by atoms with Gasteiger partial charge in [0, 0.05) is 11.5 Å². The van der Waals surface area contributed by atoms with Crippen molar-refractivity contribution >= 4 is 16.5 Å². The van der Waals surface area contributed by atoms with Gasteiger partial charge in [0.2, 0.25) is 0 Å². The van der Waals surface area contributed by atoms with E-state index in [9.17, 15) is 10.1 Å². The Kier molecular flexibility index (Phi) is 2.25. The molecule has 0 bridgehead atoms. The SMILES string of the molecule is COc1cccc2c([N+](=O)[O-])cccc12. The minimum absolute atomic E-state index is 0.103. The number of non-ortho nitro benzene ring substituents is 1. The van der Waals surface area contributed by atoms with Crippen LogP contribution in [0.2, 0.25) is 0 Å². The predicted octanol–water partition coefficient (Wildman–Crippen LogP) is 2.76. The van der Waals surface area contributed by atoms with Gasteiger partial charge in [-0.1, -0.05) is 18.2 Å². The zero-order chi connectivity index (χ0) is 10.8. The lowest BCUT2D eigenvalue weighted by Crippen LogP contribution is -1.90. The van der Waals surface area contributed by atoms with Crippen LogP contribution in [0.5, 0.6) is 5.75 Å². The fourth-order valence-electron chi connectivity index (χ4n) is 1.60. The van der Waals surface area contributed by atoms with E-state index in [0.717, 1.165) is 5.39 Å². The molecule has 0 atom stereocenters. The van der Waals surface area contributed by atoms with Crippen LogP contribution in [0.15, 0.2) is 36.4 Å². The fraction of sp³-hybridized carbons (Fsp3) is 0.0909. The summed E-state index contributed by atoms with van der Waals surface area (Å²) < 4.78 is 5.14. The van der Waals surface area contributed by atoms with Gasteiger partial charge in [-0.05, 0) is 12.1 Å². The molecule has 0 fully saturated rings. The van der Waals surface area contributed by atoms with Crippen LogP contribution in [0.4, 0.5) is 5.69 Å². The predicted molar refractivity (Wildman–Crippen MR) is 57.2 cm³/mol. The highest BCUT2D eigenvalue weighted by Gasteiger charge is 2.12. The molecule has 0 N–H and O–H groups in total. The van der Waals surface area contributed by atoms with Crippen LogP contribution in [0.25, 0.3) is 10.8 Å². The summed E-state index contributed by atoms with van der Waals surface area (Å²) >= 11 is 0. The summed E-state index contributed by atoms with van der Waals surface area (Å²) in [6.07, 6.45) is 0. The maximum atomic E-state index is 10.8. The van der Waals surface area contributed by atoms with Gasteiger partial charge in [0.15, 0.2) is 0 Å². The molecule has 0 heterocycles. The first-order valence-electron chi connectivity index (χ1n) is 4.44. The maximum absolute atomic E-state index is 10.8. The third kappa shape index (κ3) is 1.50. The Labute approximate surface area is 86.2 Å². The van der Waals surface area contributed by atoms with Crippen molar-refractivity contribution in [2.45, 2.75) is 0 Å². The molecule has 0 saturated carbocycles. The molecule has 2 aromatic rings. The van der Waals surface area contributed by atoms with E-state index in [2.05, 4.69) is 0 Å². The van der Waals surface area contributed by atoms with Gasteiger partial charge in [-0.3, -0.25) is 10.1 Å². The van der Waals surface area contributed by atoms with Gasteiger partial charge in [0.25, 0.3) is 5.69 Å². The van der Waals surface area contributed by atoms with Crippen molar-refractivity contribution in [3.8, 4) is 5.75 Å². The molecule has 4 nitrogen and oxygen atoms in total. The lowest BCUT2D eigenvalue weighted by Gasteiger charge is -2.04. The van der Waals surface area contributed by atoms with Crippen molar-refractivity contribution < 1.29 is 9.66 Å². The molecule has 0 radical (unpaired) electrons. The highest BCUT2D eigenvalue weighted by Crippen LogP contribution is 2.31. The molecule has 2 rings (SSSR count). The van der Waals surface area contributed by atoms with E-state index in [-0.39, 0.29) is 10.6 Å². The first kappa shape index (κ1) is 9.45. The molecule has 0 aliphatic heterocycles. The minimum Gasteiger partial charge on any atom is -0.496 e. The standard InChI is InChI=1S/C11H9NO3/c1-15-11-7-3-4-8-9(11)5-2-6-10(8)12(13)14/h2-7H,1H3. The summed E-state index contributed by atoms with van der Waals surface area (Å²) in [5, 5.41) is 12.1. The number of nitro benzene ring substituents is 1. The third-order valence-electron chi connectivity index (χ3n) is 2.28. The molecule has 2 aromatic carbocycles. The number of ether oxygens (including phenoxy) is 1. The summed E-state index contributed by atoms with van der Waals surface area (Å²) in [6.45, 7) is 0. The molecular formula is C11H9NO3. The molecule has 0 aromatic heterocycles. The van der Waals surface area contributed by atoms with Gasteiger partial charge in [-0.25, -0.2) is 0 Å². The third-order valence-corrected chi connectivity index (χ3v) is 2.28. The van der Waals surface area contributed by atoms with E-state index in [1.165, 1.54) is 6.07 Å². The Morgan fingerprint density at radius 1 is 1.13 bits per heavy atom. The average Bonchev–Trinajstić information content (AvgIpc) is 2.27. The lowest BCUT2D eigenvalue weighted by atomic mass is 10.1. The first-order chi connectivity index (χ1) is 7.24. The number of hydrogen-bond donors (Lipinski definition) is 0. The Hall–Kier alpha value is -2.10. The minimum atomic E-state index is -0.387. The number of hydrogen-bond acceptors (Lipinski definition) is 3. The molecular weight excluding hydrogens is 194 g/mol. The van der Waals surface area contributed by atoms with E-state index in [0.29, 0.717) is 11.1 Å². The summed E-state index contributed by atoms with van der Waals surface area (Å²) in [5.74, 6) is 0.649. The summed E-state index contributed by atoms with van der Waals surface area (Å²) in [4.78, 5) is 10.4. The van der Waals surface area contributed by atoms with E-state index in [1.54, 1.807) is 37.4 Å². The van der Waals surface area contributed by atoms with Crippen molar-refractivity contribution in [1.29, 1.82) is 0 Å². The van der Waals surface area contributed by atoms with Gasteiger partial charge in [0.1, 0.15) is 5.75 Å². The highest BCUT2D eigenvalue weighted by atomic mass is 16.6. The van der Waals surface area contributed by atoms with Crippen LogP contribution in [-0.2, 0) is 0 Å². The molecule has 76 valence electrons. The van der Waals surface area contributed by atoms with Crippen LogP contribution >= 0.6 is 0 Å². The van der Waals surface area contributed by atoms with Crippen LogP contribution in [0.3, 0.4) is 0 Å². The lowest BCUT2D eigenvalue weighted by molar-refractivity contribution is -0.383. The maximum Gasteiger partial charge on any atom is 0.277 e. The Bertz CT molecular complexity index is 522. The van der Waals surface area contributed by atoms with E-state index in [4.69, 9.17) is 4.74 Å². The number of fused-ring (bicyclic) bond motifs is 1. The quantitative estimate of drug-likeness (QED) is 0.557. The normalized spacial score (nSPS) is 10.2. The van der Waals surface area contributed by atoms with Gasteiger partial charge >= 0.3 is 0 Å². The van der Waals surface area contributed by atoms with Crippen molar-refractivity contribution in [3.05, 3.63) is 46.5 Å². The Morgan fingerprint density at radius 3 is 2.47 bits per heavy atom. The topological polar surface area (TPSA) is 52.4 Å². The van der Waals surface area contributed by atoms with Gasteiger partial charge in [-0.15, -0.1) is 0 Å². The van der Waals surface area contributed by atoms with Crippen molar-refractivity contribution in [1.82, 2.24) is 0 Å². The molecule has 0 saturated heterocycles. The summed E-state index contributed by atoms with van der Waals surface area (Å²) in [6, 6.07) is 10.2. The van der Waals surface area contributed by atoms with Gasteiger partial charge in [0.05, 0.1) is 17.4 Å². The summed E-state index contributed by atoms with van der Waals surface area (Å²) in [7, 11) is 1.55. The zero-order valence-corrected chi connectivity index (χ0v) is 8.14. The molecule has 0 aliphatic carbocycles. The van der Waals surface area contributed by atoms with E-state index in [1.807, 2.05) is 0 Å². The molecule has 0 unspecified atom stereocenters. The van der Waals surface area contributed by atoms with Crippen molar-refractivity contribution in [2.75, 3.05) is 7.11 Å². The van der Waals surface area contributed by atoms with Crippen molar-refractivity contribution in [2.24, 2.45) is 0 Å². The van der Waals surface area contributed by atoms with E-state index < -0.39 is 0 Å². The average molecular weight is 203 g/mol. The van der Waals surface area contributed by atoms with Crippen molar-refractivity contribution in [3.63, 3.8) is 0 Å². The molecule has 4 heteroatoms. The second-order valence-electron chi connectivity index (χ2n) is 3.09. The number of nitrogens with zero attached hydrogens (tertiary/aromatic N) is 1. The largest absolute Gasteiger partial charge is 0.496 e. The molecule has 15 heavy (non-hydrogen) atoms. The second-order valence-corrected chi connectivity index (χ2v) is 3.09. The van der Waals surface area contributed by atoms with Crippen LogP contribution in [-0.4, -0.2) is 12.0 Å². The Balaban J connectivity index is 2.82. The van der Waals surface area contributed by atoms with Gasteiger partial charge in [-0.2, -0.15) is 0 Å². The van der Waals surface area contributed by atoms with Crippen LogP contribution in [0.1, 0.15) is 0 Å². The number of methoxy groups -OCH3 is 1. The number of rotatable bonds is 2. The highest BCUT2D eigenvalue weighted by molar-refractivity contribution is 5.95.